The molecule has 4 aromatic rings. The molecule has 0 amide bonds. The number of Topliss-reactive ketones (excluding diaryl/α,β-unsaturated/α-hetero) is 1. The molecular weight excluding hydrogens is 416 g/mol. The Hall–Kier alpha value is -3.77. The average Bonchev–Trinajstić information content (AvgIpc) is 2.79. The Morgan fingerprint density at radius 3 is 2.32 bits per heavy atom. The second-order valence-corrected chi connectivity index (χ2v) is 7.31. The number of ketones is 1. The number of hydrogen-bond donors (Lipinski definition) is 0. The Morgan fingerprint density at radius 2 is 1.61 bits per heavy atom. The lowest BCUT2D eigenvalue weighted by molar-refractivity contribution is 0.0313. The third-order valence-corrected chi connectivity index (χ3v) is 5.00. The van der Waals surface area contributed by atoms with Crippen molar-refractivity contribution in [3.63, 3.8) is 0 Å². The van der Waals surface area contributed by atoms with E-state index in [1.807, 2.05) is 6.07 Å². The minimum Gasteiger partial charge on any atom is -0.449 e. The highest BCUT2D eigenvalue weighted by Gasteiger charge is 2.24. The molecule has 0 aliphatic carbocycles. The van der Waals surface area contributed by atoms with E-state index in [0.717, 1.165) is 4.68 Å². The largest absolute Gasteiger partial charge is 0.449 e. The molecule has 0 unspecified atom stereocenters. The predicted molar refractivity (Wildman–Crippen MR) is 118 cm³/mol. The van der Waals surface area contributed by atoms with Gasteiger partial charge in [0.2, 0.25) is 5.78 Å². The monoisotopic (exact) mass is 432 g/mol. The maximum Gasteiger partial charge on any atom is 0.360 e. The van der Waals surface area contributed by atoms with Gasteiger partial charge < -0.3 is 4.74 Å². The second kappa shape index (κ2) is 8.53. The summed E-state index contributed by atoms with van der Waals surface area (Å²) in [5.74, 6) is -1.19. The number of ether oxygens (including phenoxy) is 1. The molecule has 0 saturated heterocycles. The van der Waals surface area contributed by atoms with Crippen molar-refractivity contribution in [2.45, 2.75) is 13.0 Å². The summed E-state index contributed by atoms with van der Waals surface area (Å²) < 4.78 is 6.58. The number of esters is 1. The van der Waals surface area contributed by atoms with Crippen LogP contribution in [0.1, 0.15) is 27.8 Å². The van der Waals surface area contributed by atoms with Crippen LogP contribution >= 0.6 is 11.6 Å². The van der Waals surface area contributed by atoms with Gasteiger partial charge in [0.25, 0.3) is 5.56 Å². The summed E-state index contributed by atoms with van der Waals surface area (Å²) in [6.45, 7) is 1.48. The van der Waals surface area contributed by atoms with Crippen LogP contribution < -0.4 is 5.56 Å². The Balaban J connectivity index is 1.73. The summed E-state index contributed by atoms with van der Waals surface area (Å²) in [6, 6.07) is 21.8. The van der Waals surface area contributed by atoms with Crippen LogP contribution in [0.2, 0.25) is 5.02 Å². The van der Waals surface area contributed by atoms with Gasteiger partial charge in [-0.3, -0.25) is 9.59 Å². The smallest absolute Gasteiger partial charge is 0.360 e. The number of aromatic nitrogens is 2. The molecule has 0 spiro atoms. The quantitative estimate of drug-likeness (QED) is 0.343. The zero-order chi connectivity index (χ0) is 22.0. The van der Waals surface area contributed by atoms with Crippen molar-refractivity contribution in [3.05, 3.63) is 105 Å². The van der Waals surface area contributed by atoms with Gasteiger partial charge >= 0.3 is 5.97 Å². The maximum atomic E-state index is 13.0. The fraction of sp³-hybridized carbons (Fsp3) is 0.0833. The van der Waals surface area contributed by atoms with Gasteiger partial charge in [-0.05, 0) is 37.3 Å². The zero-order valence-corrected chi connectivity index (χ0v) is 17.2. The normalized spacial score (nSPS) is 11.8. The van der Waals surface area contributed by atoms with Gasteiger partial charge in [0.15, 0.2) is 11.8 Å². The van der Waals surface area contributed by atoms with E-state index in [4.69, 9.17) is 16.3 Å². The van der Waals surface area contributed by atoms with E-state index in [1.54, 1.807) is 66.7 Å². The first-order valence-electron chi connectivity index (χ1n) is 9.54. The van der Waals surface area contributed by atoms with E-state index in [1.165, 1.54) is 13.0 Å². The molecular formula is C24H17ClN2O4. The number of carbonyl (C=O) groups excluding carboxylic acids is 2. The highest BCUT2D eigenvalue weighted by molar-refractivity contribution is 6.31. The first-order chi connectivity index (χ1) is 15.0. The van der Waals surface area contributed by atoms with E-state index >= 15 is 0 Å². The van der Waals surface area contributed by atoms with Crippen molar-refractivity contribution < 1.29 is 14.3 Å². The molecule has 154 valence electrons. The number of benzene rings is 3. The van der Waals surface area contributed by atoms with E-state index in [-0.39, 0.29) is 11.3 Å². The Kier molecular flexibility index (Phi) is 5.64. The van der Waals surface area contributed by atoms with Crippen LogP contribution in [0.15, 0.2) is 83.7 Å². The highest BCUT2D eigenvalue weighted by Crippen LogP contribution is 2.18. The van der Waals surface area contributed by atoms with Gasteiger partial charge in [-0.2, -0.15) is 9.78 Å². The molecule has 3 aromatic carbocycles. The number of para-hydroxylation sites is 1. The molecule has 0 radical (unpaired) electrons. The number of nitrogens with zero attached hydrogens (tertiary/aromatic N) is 2. The van der Waals surface area contributed by atoms with E-state index in [0.29, 0.717) is 27.0 Å². The Morgan fingerprint density at radius 1 is 0.935 bits per heavy atom. The van der Waals surface area contributed by atoms with Crippen LogP contribution in [-0.4, -0.2) is 27.6 Å². The Bertz CT molecular complexity index is 1350. The molecule has 0 aliphatic rings. The van der Waals surface area contributed by atoms with Crippen molar-refractivity contribution in [2.24, 2.45) is 0 Å². The fourth-order valence-corrected chi connectivity index (χ4v) is 3.42. The molecule has 0 bridgehead atoms. The lowest BCUT2D eigenvalue weighted by atomic mass is 10.1. The first kappa shape index (κ1) is 20.5. The van der Waals surface area contributed by atoms with Gasteiger partial charge in [-0.1, -0.05) is 60.1 Å². The molecule has 0 N–H and O–H groups in total. The molecule has 0 saturated carbocycles. The van der Waals surface area contributed by atoms with Crippen LogP contribution in [-0.2, 0) is 4.74 Å². The maximum absolute atomic E-state index is 13.0. The third-order valence-electron chi connectivity index (χ3n) is 4.76. The van der Waals surface area contributed by atoms with Crippen LogP contribution in [0.5, 0.6) is 0 Å². The van der Waals surface area contributed by atoms with E-state index in [2.05, 4.69) is 5.10 Å². The van der Waals surface area contributed by atoms with E-state index in [9.17, 15) is 14.4 Å². The SMILES string of the molecule is C[C@H](OC(=O)c1nn(-c2ccccc2)c(=O)c2ccccc12)C(=O)c1cccc(Cl)c1. The molecule has 6 nitrogen and oxygen atoms in total. The number of halogens is 1. The number of hydrogen-bond acceptors (Lipinski definition) is 5. The standard InChI is InChI=1S/C24H17ClN2O4/c1-15(22(28)16-8-7-9-17(25)14-16)31-24(30)21-19-12-5-6-13-20(19)23(29)27(26-21)18-10-3-2-4-11-18/h2-15H,1H3/t15-/m0/s1. The molecule has 1 aromatic heterocycles. The first-order valence-corrected chi connectivity index (χ1v) is 9.92. The average molecular weight is 433 g/mol. The lowest BCUT2D eigenvalue weighted by Gasteiger charge is -2.14. The van der Waals surface area contributed by atoms with Gasteiger partial charge in [0, 0.05) is 16.0 Å². The molecule has 1 atom stereocenters. The molecule has 1 heterocycles. The minimum absolute atomic E-state index is 0.0511. The van der Waals surface area contributed by atoms with Crippen LogP contribution in [0, 0.1) is 0 Å². The van der Waals surface area contributed by atoms with Gasteiger partial charge in [0.1, 0.15) is 0 Å². The Labute approximate surface area is 182 Å². The number of rotatable bonds is 5. The minimum atomic E-state index is -1.07. The van der Waals surface area contributed by atoms with Crippen LogP contribution in [0.3, 0.4) is 0 Å². The van der Waals surface area contributed by atoms with Crippen molar-refractivity contribution >= 4 is 34.1 Å². The summed E-state index contributed by atoms with van der Waals surface area (Å²) in [5.41, 5.74) is 0.432. The number of carbonyl (C=O) groups is 2. The summed E-state index contributed by atoms with van der Waals surface area (Å²) in [7, 11) is 0. The number of fused-ring (bicyclic) bond motifs is 1. The second-order valence-electron chi connectivity index (χ2n) is 6.87. The molecule has 4 rings (SSSR count). The summed E-state index contributed by atoms with van der Waals surface area (Å²) >= 11 is 5.95. The summed E-state index contributed by atoms with van der Waals surface area (Å²) in [5, 5.41) is 5.35. The van der Waals surface area contributed by atoms with Crippen molar-refractivity contribution in [2.75, 3.05) is 0 Å². The summed E-state index contributed by atoms with van der Waals surface area (Å²) in [6.07, 6.45) is -1.07. The summed E-state index contributed by atoms with van der Waals surface area (Å²) in [4.78, 5) is 38.6. The molecule has 31 heavy (non-hydrogen) atoms. The van der Waals surface area contributed by atoms with Crippen molar-refractivity contribution in [1.82, 2.24) is 9.78 Å². The van der Waals surface area contributed by atoms with Crippen molar-refractivity contribution in [3.8, 4) is 5.69 Å². The topological polar surface area (TPSA) is 78.3 Å². The van der Waals surface area contributed by atoms with Crippen LogP contribution in [0.25, 0.3) is 16.5 Å². The fourth-order valence-electron chi connectivity index (χ4n) is 3.23. The zero-order valence-electron chi connectivity index (χ0n) is 16.5. The van der Waals surface area contributed by atoms with Gasteiger partial charge in [-0.25, -0.2) is 4.79 Å². The molecule has 0 aliphatic heterocycles. The lowest BCUT2D eigenvalue weighted by Crippen LogP contribution is -2.28. The van der Waals surface area contributed by atoms with Gasteiger partial charge in [-0.15, -0.1) is 0 Å². The third kappa shape index (κ3) is 4.11. The molecule has 7 heteroatoms. The van der Waals surface area contributed by atoms with E-state index < -0.39 is 17.9 Å². The van der Waals surface area contributed by atoms with Crippen molar-refractivity contribution in [1.29, 1.82) is 0 Å². The molecule has 0 fully saturated rings. The highest BCUT2D eigenvalue weighted by atomic mass is 35.5. The van der Waals surface area contributed by atoms with Crippen LogP contribution in [0.4, 0.5) is 0 Å². The van der Waals surface area contributed by atoms with Gasteiger partial charge in [0.05, 0.1) is 11.1 Å². The predicted octanol–water partition coefficient (Wildman–Crippen LogP) is 4.47.